The van der Waals surface area contributed by atoms with Crippen molar-refractivity contribution in [3.05, 3.63) is 57.6 Å². The average molecular weight is 485 g/mol. The number of hydrogen-bond acceptors (Lipinski definition) is 6. The van der Waals surface area contributed by atoms with Crippen LogP contribution in [0.15, 0.2) is 44.2 Å². The van der Waals surface area contributed by atoms with Crippen molar-refractivity contribution in [2.45, 2.75) is 89.4 Å². The third-order valence-electron chi connectivity index (χ3n) is 7.63. The number of rotatable bonds is 0. The van der Waals surface area contributed by atoms with Gasteiger partial charge in [-0.15, -0.1) is 0 Å². The summed E-state index contributed by atoms with van der Waals surface area (Å²) in [5.41, 5.74) is 4.97. The molecule has 0 radical (unpaired) electrons. The maximum absolute atomic E-state index is 11.0. The summed E-state index contributed by atoms with van der Waals surface area (Å²) in [6.07, 6.45) is 15.5. The van der Waals surface area contributed by atoms with E-state index in [9.17, 15) is 10.2 Å². The molecule has 1 heterocycles. The predicted octanol–water partition coefficient (Wildman–Crippen LogP) is 5.73. The minimum Gasteiger partial charge on any atom is -0.507 e. The molecule has 1 aliphatic heterocycles. The number of benzene rings is 2. The summed E-state index contributed by atoms with van der Waals surface area (Å²) in [6.45, 7) is 4.06. The van der Waals surface area contributed by atoms with E-state index in [4.69, 9.17) is 20.0 Å². The van der Waals surface area contributed by atoms with Crippen molar-refractivity contribution in [2.24, 2.45) is 20.0 Å². The molecule has 2 aromatic rings. The van der Waals surface area contributed by atoms with Crippen LogP contribution in [0.2, 0.25) is 0 Å². The van der Waals surface area contributed by atoms with Crippen molar-refractivity contribution in [1.82, 2.24) is 0 Å². The van der Waals surface area contributed by atoms with E-state index in [1.54, 1.807) is 24.9 Å². The molecule has 2 N–H and O–H groups in total. The van der Waals surface area contributed by atoms with Gasteiger partial charge in [-0.25, -0.2) is 0 Å². The van der Waals surface area contributed by atoms with Crippen LogP contribution >= 0.6 is 0 Å². The van der Waals surface area contributed by atoms with Crippen molar-refractivity contribution in [3.63, 3.8) is 0 Å². The number of aryl methyl sites for hydroxylation is 2. The van der Waals surface area contributed by atoms with E-state index >= 15 is 0 Å². The topological polar surface area (TPSA) is 89.9 Å². The lowest BCUT2D eigenvalue weighted by atomic mass is 9.90. The van der Waals surface area contributed by atoms with Gasteiger partial charge in [0.2, 0.25) is 0 Å². The van der Waals surface area contributed by atoms with Gasteiger partial charge >= 0.3 is 0 Å². The van der Waals surface area contributed by atoms with Gasteiger partial charge in [0.15, 0.2) is 0 Å². The first-order valence-corrected chi connectivity index (χ1v) is 13.3. The molecule has 6 nitrogen and oxygen atoms in total. The molecule has 4 atom stereocenters. The molecule has 2 saturated carbocycles. The highest BCUT2D eigenvalue weighted by molar-refractivity contribution is 5.93. The molecule has 36 heavy (non-hydrogen) atoms. The standard InChI is InChI=1S/C30H36N4O2/c1-19-11-21-15-31-25-7-3-5-9-27(25)33-17-23-13-20(2)14-24(30(23)36)18-34-28-10-6-4-8-26(28)32-16-22(12-19)29(21)35/h11-18,25-28,35-36H,3-10H2,1-2H3. The molecule has 5 rings (SSSR count). The van der Waals surface area contributed by atoms with E-state index in [1.807, 2.05) is 38.1 Å². The third-order valence-corrected chi connectivity index (χ3v) is 7.63. The van der Waals surface area contributed by atoms with Gasteiger partial charge in [-0.05, 0) is 74.9 Å². The first-order chi connectivity index (χ1) is 17.5. The highest BCUT2D eigenvalue weighted by Gasteiger charge is 2.25. The minimum absolute atomic E-state index is 0.0434. The Labute approximate surface area is 213 Å². The Kier molecular flexibility index (Phi) is 7.30. The Morgan fingerprint density at radius 3 is 1.00 bits per heavy atom. The largest absolute Gasteiger partial charge is 0.507 e. The number of phenols is 2. The van der Waals surface area contributed by atoms with Crippen LogP contribution in [0.3, 0.4) is 0 Å². The lowest BCUT2D eigenvalue weighted by Crippen LogP contribution is -2.27. The number of hydrogen-bond donors (Lipinski definition) is 2. The summed E-state index contributed by atoms with van der Waals surface area (Å²) in [4.78, 5) is 19.6. The van der Waals surface area contributed by atoms with Crippen LogP contribution in [0.25, 0.3) is 0 Å². The second-order valence-electron chi connectivity index (χ2n) is 10.5. The minimum atomic E-state index is 0.0434. The van der Waals surface area contributed by atoms with Crippen molar-refractivity contribution < 1.29 is 10.2 Å². The molecule has 0 saturated heterocycles. The smallest absolute Gasteiger partial charge is 0.133 e. The van der Waals surface area contributed by atoms with Crippen molar-refractivity contribution in [2.75, 3.05) is 0 Å². The van der Waals surface area contributed by atoms with Crippen molar-refractivity contribution >= 4 is 24.9 Å². The van der Waals surface area contributed by atoms with E-state index in [0.717, 1.165) is 62.5 Å². The normalized spacial score (nSPS) is 26.1. The number of aromatic hydroxyl groups is 2. The zero-order valence-corrected chi connectivity index (χ0v) is 21.3. The molecular formula is C30H36N4O2. The highest BCUT2D eigenvalue weighted by Crippen LogP contribution is 2.29. The van der Waals surface area contributed by atoms with Crippen LogP contribution in [-0.4, -0.2) is 59.2 Å². The van der Waals surface area contributed by atoms with Crippen molar-refractivity contribution in [3.8, 4) is 11.5 Å². The van der Waals surface area contributed by atoms with Crippen LogP contribution in [0.5, 0.6) is 11.5 Å². The third kappa shape index (κ3) is 5.43. The Morgan fingerprint density at radius 1 is 0.500 bits per heavy atom. The monoisotopic (exact) mass is 484 g/mol. The zero-order valence-electron chi connectivity index (χ0n) is 21.3. The SMILES string of the molecule is Cc1cc2c(O)c(c1)C=NC1CCCCC1N=Cc1cc(C)cc(c1O)C=NC1CCCCC1N=C2. The fourth-order valence-corrected chi connectivity index (χ4v) is 5.65. The lowest BCUT2D eigenvalue weighted by Gasteiger charge is -2.26. The van der Waals surface area contributed by atoms with Gasteiger partial charge in [-0.2, -0.15) is 0 Å². The van der Waals surface area contributed by atoms with Crippen LogP contribution in [-0.2, 0) is 0 Å². The maximum Gasteiger partial charge on any atom is 0.133 e. The molecular weight excluding hydrogens is 448 g/mol. The van der Waals surface area contributed by atoms with Crippen LogP contribution < -0.4 is 0 Å². The first-order valence-electron chi connectivity index (χ1n) is 13.3. The van der Waals surface area contributed by atoms with Gasteiger partial charge in [-0.3, -0.25) is 20.0 Å². The van der Waals surface area contributed by atoms with Gasteiger partial charge in [0, 0.05) is 47.1 Å². The molecule has 0 aromatic heterocycles. The van der Waals surface area contributed by atoms with Gasteiger partial charge in [-0.1, -0.05) is 25.7 Å². The first kappa shape index (κ1) is 24.4. The molecule has 2 fully saturated rings. The zero-order chi connectivity index (χ0) is 25.1. The summed E-state index contributed by atoms with van der Waals surface area (Å²) >= 11 is 0. The number of nitrogens with zero attached hydrogens (tertiary/aromatic N) is 4. The predicted molar refractivity (Wildman–Crippen MR) is 148 cm³/mol. The molecule has 2 aliphatic carbocycles. The molecule has 188 valence electrons. The Bertz CT molecular complexity index is 1050. The van der Waals surface area contributed by atoms with Gasteiger partial charge in [0.05, 0.1) is 24.2 Å². The van der Waals surface area contributed by atoms with E-state index < -0.39 is 0 Å². The van der Waals surface area contributed by atoms with E-state index in [0.29, 0.717) is 22.3 Å². The Balaban J connectivity index is 1.60. The van der Waals surface area contributed by atoms with Crippen LogP contribution in [0, 0.1) is 13.8 Å². The van der Waals surface area contributed by atoms with Gasteiger partial charge in [0.1, 0.15) is 11.5 Å². The molecule has 3 aliphatic rings. The molecule has 2 aromatic carbocycles. The lowest BCUT2D eigenvalue weighted by molar-refractivity contribution is 0.389. The van der Waals surface area contributed by atoms with Gasteiger partial charge in [0.25, 0.3) is 0 Å². The fraction of sp³-hybridized carbons (Fsp3) is 0.467. The number of aliphatic imine (C=N–C) groups is 4. The van der Waals surface area contributed by atoms with Gasteiger partial charge < -0.3 is 10.2 Å². The molecule has 6 heteroatoms. The average Bonchev–Trinajstić information content (AvgIpc) is 2.88. The highest BCUT2D eigenvalue weighted by atomic mass is 16.3. The number of fused-ring (bicyclic) bond motifs is 6. The van der Waals surface area contributed by atoms with E-state index in [-0.39, 0.29) is 35.7 Å². The quantitative estimate of drug-likeness (QED) is 0.500. The Morgan fingerprint density at radius 2 is 0.750 bits per heavy atom. The van der Waals surface area contributed by atoms with E-state index in [1.165, 1.54) is 0 Å². The summed E-state index contributed by atoms with van der Waals surface area (Å²) in [5.74, 6) is 0.438. The summed E-state index contributed by atoms with van der Waals surface area (Å²) in [6, 6.07) is 8.05. The van der Waals surface area contributed by atoms with E-state index in [2.05, 4.69) is 0 Å². The molecule has 0 amide bonds. The fourth-order valence-electron chi connectivity index (χ4n) is 5.65. The second kappa shape index (κ2) is 10.8. The Hall–Kier alpha value is -3.28. The van der Waals surface area contributed by atoms with Crippen LogP contribution in [0.1, 0.15) is 84.7 Å². The summed E-state index contributed by atoms with van der Waals surface area (Å²) < 4.78 is 0. The maximum atomic E-state index is 11.0. The molecule has 0 spiro atoms. The summed E-state index contributed by atoms with van der Waals surface area (Å²) in [5, 5.41) is 22.1. The second-order valence-corrected chi connectivity index (χ2v) is 10.5. The summed E-state index contributed by atoms with van der Waals surface area (Å²) in [7, 11) is 0. The number of phenolic OH excluding ortho intramolecular Hbond substituents is 2. The van der Waals surface area contributed by atoms with Crippen LogP contribution in [0.4, 0.5) is 0 Å². The molecule has 4 unspecified atom stereocenters. The van der Waals surface area contributed by atoms with Crippen molar-refractivity contribution in [1.29, 1.82) is 0 Å². The molecule has 4 bridgehead atoms.